The first-order valence-corrected chi connectivity index (χ1v) is 11.5. The molecule has 0 radical (unpaired) electrons. The first-order valence-electron chi connectivity index (χ1n) is 11.5. The van der Waals surface area contributed by atoms with Gasteiger partial charge in [0.1, 0.15) is 17.0 Å². The van der Waals surface area contributed by atoms with Crippen molar-refractivity contribution in [1.82, 2.24) is 14.5 Å². The quantitative estimate of drug-likeness (QED) is 0.285. The molecule has 0 aliphatic heterocycles. The summed E-state index contributed by atoms with van der Waals surface area (Å²) in [5.41, 5.74) is 7.19. The number of aromatic nitrogens is 3. The van der Waals surface area contributed by atoms with Gasteiger partial charge in [-0.1, -0.05) is 59.7 Å². The summed E-state index contributed by atoms with van der Waals surface area (Å²) < 4.78 is 8.46. The zero-order valence-corrected chi connectivity index (χ0v) is 20.5. The summed E-state index contributed by atoms with van der Waals surface area (Å²) in [4.78, 5) is 9.59. The molecule has 3 aromatic heterocycles. The lowest BCUT2D eigenvalue weighted by Crippen LogP contribution is -2.18. The van der Waals surface area contributed by atoms with Gasteiger partial charge >= 0.3 is 0 Å². The van der Waals surface area contributed by atoms with Crippen LogP contribution in [0.5, 0.6) is 0 Å². The topological polar surface area (TPSA) is 43.9 Å². The van der Waals surface area contributed by atoms with Gasteiger partial charge in [0, 0.05) is 46.9 Å². The van der Waals surface area contributed by atoms with E-state index >= 15 is 0 Å². The molecule has 0 spiro atoms. The molecule has 0 N–H and O–H groups in total. The Balaban J connectivity index is 1.71. The minimum absolute atomic E-state index is 0.0313. The van der Waals surface area contributed by atoms with Gasteiger partial charge < -0.3 is 8.98 Å². The van der Waals surface area contributed by atoms with Gasteiger partial charge in [0.2, 0.25) is 0 Å². The van der Waals surface area contributed by atoms with E-state index in [4.69, 9.17) is 9.40 Å². The minimum atomic E-state index is -0.0313. The van der Waals surface area contributed by atoms with Crippen molar-refractivity contribution in [3.05, 3.63) is 72.2 Å². The molecule has 0 aliphatic rings. The fourth-order valence-electron chi connectivity index (χ4n) is 4.25. The van der Waals surface area contributed by atoms with Crippen LogP contribution in [0.25, 0.3) is 44.6 Å². The van der Waals surface area contributed by atoms with E-state index in [0.29, 0.717) is 0 Å². The maximum atomic E-state index is 6.44. The molecule has 0 saturated carbocycles. The van der Waals surface area contributed by atoms with Crippen molar-refractivity contribution in [3.63, 3.8) is 0 Å². The van der Waals surface area contributed by atoms with Crippen LogP contribution in [0.4, 0.5) is 0 Å². The van der Waals surface area contributed by atoms with Crippen LogP contribution in [0.15, 0.2) is 65.3 Å². The van der Waals surface area contributed by atoms with Crippen molar-refractivity contribution < 1.29 is 4.42 Å². The number of rotatable bonds is 2. The Labute approximate surface area is 195 Å². The SMILES string of the molecule is Cn1ccnc1-c1cccc2c1oc1cc(-c3cc(C(C)(C)C)cc(C(C)(C)C)n3)ccc12. The molecule has 0 saturated heterocycles. The van der Waals surface area contributed by atoms with Gasteiger partial charge in [-0.3, -0.25) is 4.98 Å². The number of furan rings is 1. The van der Waals surface area contributed by atoms with Gasteiger partial charge in [0.15, 0.2) is 0 Å². The molecule has 168 valence electrons. The number of nitrogens with zero attached hydrogens (tertiary/aromatic N) is 3. The Hall–Kier alpha value is -3.40. The number of pyridine rings is 1. The van der Waals surface area contributed by atoms with Crippen molar-refractivity contribution in [2.75, 3.05) is 0 Å². The standard InChI is InChI=1S/C29H31N3O/c1-28(2,3)19-16-23(31-25(17-19)29(4,5)6)18-11-12-20-21-9-8-10-22(26(21)33-24(20)15-18)27-30-13-14-32(27)7/h8-17H,1-7H3. The van der Waals surface area contributed by atoms with Crippen molar-refractivity contribution in [2.45, 2.75) is 52.4 Å². The number of hydrogen-bond donors (Lipinski definition) is 0. The number of aryl methyl sites for hydroxylation is 1. The fraction of sp³-hybridized carbons (Fsp3) is 0.310. The Kier molecular flexibility index (Phi) is 4.75. The van der Waals surface area contributed by atoms with E-state index in [1.807, 2.05) is 24.0 Å². The highest BCUT2D eigenvalue weighted by molar-refractivity contribution is 6.09. The summed E-state index contributed by atoms with van der Waals surface area (Å²) in [6.45, 7) is 13.4. The average molecular weight is 438 g/mol. The highest BCUT2D eigenvalue weighted by Gasteiger charge is 2.23. The molecule has 0 unspecified atom stereocenters. The maximum Gasteiger partial charge on any atom is 0.146 e. The second-order valence-corrected chi connectivity index (χ2v) is 11.0. The smallest absolute Gasteiger partial charge is 0.146 e. The highest BCUT2D eigenvalue weighted by Crippen LogP contribution is 2.38. The van der Waals surface area contributed by atoms with Gasteiger partial charge in [-0.15, -0.1) is 0 Å². The lowest BCUT2D eigenvalue weighted by Gasteiger charge is -2.25. The molecule has 2 aromatic carbocycles. The number of benzene rings is 2. The molecule has 0 amide bonds. The van der Waals surface area contributed by atoms with E-state index in [9.17, 15) is 0 Å². The lowest BCUT2D eigenvalue weighted by atomic mass is 9.82. The maximum absolute atomic E-state index is 6.44. The van der Waals surface area contributed by atoms with Crippen LogP contribution < -0.4 is 0 Å². The van der Waals surface area contributed by atoms with Crippen LogP contribution in [0.3, 0.4) is 0 Å². The first-order chi connectivity index (χ1) is 15.5. The largest absolute Gasteiger partial charge is 0.455 e. The van der Waals surface area contributed by atoms with E-state index in [1.165, 1.54) is 5.56 Å². The Morgan fingerprint density at radius 3 is 2.30 bits per heavy atom. The van der Waals surface area contributed by atoms with Crippen LogP contribution in [-0.2, 0) is 17.9 Å². The summed E-state index contributed by atoms with van der Waals surface area (Å²) in [6, 6.07) is 17.2. The summed E-state index contributed by atoms with van der Waals surface area (Å²) in [7, 11) is 2.00. The lowest BCUT2D eigenvalue weighted by molar-refractivity contribution is 0.553. The predicted octanol–water partition coefficient (Wildman–Crippen LogP) is 7.64. The highest BCUT2D eigenvalue weighted by atomic mass is 16.3. The van der Waals surface area contributed by atoms with E-state index in [0.717, 1.165) is 50.3 Å². The molecule has 0 aliphatic carbocycles. The Morgan fingerprint density at radius 2 is 1.64 bits per heavy atom. The monoisotopic (exact) mass is 437 g/mol. The predicted molar refractivity (Wildman–Crippen MR) is 137 cm³/mol. The second kappa shape index (κ2) is 7.31. The van der Waals surface area contributed by atoms with Crippen LogP contribution in [0, 0.1) is 0 Å². The second-order valence-electron chi connectivity index (χ2n) is 11.0. The third-order valence-corrected chi connectivity index (χ3v) is 6.32. The molecule has 0 fully saturated rings. The van der Waals surface area contributed by atoms with Crippen LogP contribution in [0.1, 0.15) is 52.8 Å². The minimum Gasteiger partial charge on any atom is -0.455 e. The third-order valence-electron chi connectivity index (χ3n) is 6.32. The molecule has 33 heavy (non-hydrogen) atoms. The van der Waals surface area contributed by atoms with Crippen LogP contribution in [0.2, 0.25) is 0 Å². The number of imidazole rings is 1. The zero-order chi connectivity index (χ0) is 23.5. The van der Waals surface area contributed by atoms with Crippen molar-refractivity contribution >= 4 is 21.9 Å². The molecular weight excluding hydrogens is 406 g/mol. The molecule has 5 rings (SSSR count). The molecule has 4 heteroatoms. The number of hydrogen-bond acceptors (Lipinski definition) is 3. The van der Waals surface area contributed by atoms with E-state index < -0.39 is 0 Å². The number of fused-ring (bicyclic) bond motifs is 3. The van der Waals surface area contributed by atoms with Crippen LogP contribution >= 0.6 is 0 Å². The zero-order valence-electron chi connectivity index (χ0n) is 20.5. The third kappa shape index (κ3) is 3.74. The summed E-state index contributed by atoms with van der Waals surface area (Å²) in [6.07, 6.45) is 3.77. The first kappa shape index (κ1) is 21.4. The molecule has 4 nitrogen and oxygen atoms in total. The van der Waals surface area contributed by atoms with E-state index in [1.54, 1.807) is 0 Å². The molecular formula is C29H31N3O. The normalized spacial score (nSPS) is 12.7. The van der Waals surface area contributed by atoms with Crippen molar-refractivity contribution in [1.29, 1.82) is 0 Å². The summed E-state index contributed by atoms with van der Waals surface area (Å²) >= 11 is 0. The molecule has 3 heterocycles. The van der Waals surface area contributed by atoms with Crippen molar-refractivity contribution in [3.8, 4) is 22.6 Å². The Morgan fingerprint density at radius 1 is 0.848 bits per heavy atom. The van der Waals surface area contributed by atoms with Gasteiger partial charge in [-0.25, -0.2) is 4.98 Å². The molecule has 5 aromatic rings. The molecule has 0 bridgehead atoms. The summed E-state index contributed by atoms with van der Waals surface area (Å²) in [5, 5.41) is 2.21. The Bertz CT molecular complexity index is 1460. The van der Waals surface area contributed by atoms with Gasteiger partial charge in [0.25, 0.3) is 0 Å². The average Bonchev–Trinajstić information content (AvgIpc) is 3.34. The molecule has 0 atom stereocenters. The van der Waals surface area contributed by atoms with Gasteiger partial charge in [-0.05, 0) is 41.3 Å². The van der Waals surface area contributed by atoms with Gasteiger partial charge in [-0.2, -0.15) is 0 Å². The van der Waals surface area contributed by atoms with E-state index in [-0.39, 0.29) is 10.8 Å². The summed E-state index contributed by atoms with van der Waals surface area (Å²) in [5.74, 6) is 0.897. The fourth-order valence-corrected chi connectivity index (χ4v) is 4.25. The number of para-hydroxylation sites is 1. The van der Waals surface area contributed by atoms with E-state index in [2.05, 4.69) is 95.1 Å². The van der Waals surface area contributed by atoms with Crippen molar-refractivity contribution in [2.24, 2.45) is 7.05 Å². The van der Waals surface area contributed by atoms with Gasteiger partial charge in [0.05, 0.1) is 11.3 Å². The van der Waals surface area contributed by atoms with Crippen LogP contribution in [-0.4, -0.2) is 14.5 Å².